The molecule has 0 atom stereocenters. The number of piperidine rings is 1. The summed E-state index contributed by atoms with van der Waals surface area (Å²) in [6.07, 6.45) is 3.05. The van der Waals surface area contributed by atoms with Crippen LogP contribution in [0, 0.1) is 0 Å². The maximum atomic E-state index is 13.2. The van der Waals surface area contributed by atoms with Crippen LogP contribution in [0.1, 0.15) is 29.6 Å². The summed E-state index contributed by atoms with van der Waals surface area (Å²) in [4.78, 5) is 29.3. The fourth-order valence-electron chi connectivity index (χ4n) is 3.28. The van der Waals surface area contributed by atoms with Crippen molar-refractivity contribution in [3.8, 4) is 11.5 Å². The van der Waals surface area contributed by atoms with Gasteiger partial charge in [0.15, 0.2) is 11.5 Å². The van der Waals surface area contributed by atoms with Crippen LogP contribution < -0.4 is 14.4 Å². The summed E-state index contributed by atoms with van der Waals surface area (Å²) in [5, 5.41) is 0. The fourth-order valence-corrected chi connectivity index (χ4v) is 3.28. The van der Waals surface area contributed by atoms with E-state index in [1.807, 2.05) is 18.2 Å². The number of imide groups is 1. The van der Waals surface area contributed by atoms with Gasteiger partial charge >= 0.3 is 6.03 Å². The van der Waals surface area contributed by atoms with Crippen LogP contribution in [0.5, 0.6) is 11.5 Å². The largest absolute Gasteiger partial charge is 0.454 e. The third-order valence-corrected chi connectivity index (χ3v) is 4.65. The Morgan fingerprint density at radius 3 is 2.38 bits per heavy atom. The van der Waals surface area contributed by atoms with E-state index in [9.17, 15) is 9.59 Å². The quantitative estimate of drug-likeness (QED) is 0.827. The Kier molecular flexibility index (Phi) is 4.48. The number of ether oxygens (including phenoxy) is 2. The van der Waals surface area contributed by atoms with Crippen LogP contribution in [0.2, 0.25) is 0 Å². The van der Waals surface area contributed by atoms with E-state index in [4.69, 9.17) is 9.47 Å². The number of nitrogens with zero attached hydrogens (tertiary/aromatic N) is 2. The van der Waals surface area contributed by atoms with E-state index in [1.54, 1.807) is 35.2 Å². The lowest BCUT2D eigenvalue weighted by Gasteiger charge is -2.32. The molecule has 0 aromatic heterocycles. The van der Waals surface area contributed by atoms with Gasteiger partial charge in [-0.3, -0.25) is 4.79 Å². The minimum absolute atomic E-state index is 0.141. The number of hydrogen-bond donors (Lipinski definition) is 0. The first-order chi connectivity index (χ1) is 12.7. The van der Waals surface area contributed by atoms with E-state index in [1.165, 1.54) is 4.90 Å². The molecule has 2 aliphatic rings. The van der Waals surface area contributed by atoms with E-state index < -0.39 is 0 Å². The number of para-hydroxylation sites is 1. The van der Waals surface area contributed by atoms with Gasteiger partial charge in [0.25, 0.3) is 5.91 Å². The number of urea groups is 1. The van der Waals surface area contributed by atoms with Gasteiger partial charge in [-0.25, -0.2) is 9.69 Å². The van der Waals surface area contributed by atoms with Gasteiger partial charge in [-0.05, 0) is 49.6 Å². The predicted octanol–water partition coefficient (Wildman–Crippen LogP) is 3.67. The van der Waals surface area contributed by atoms with E-state index in [-0.39, 0.29) is 18.7 Å². The second kappa shape index (κ2) is 7.07. The summed E-state index contributed by atoms with van der Waals surface area (Å²) >= 11 is 0. The minimum atomic E-state index is -0.370. The minimum Gasteiger partial charge on any atom is -0.454 e. The Hall–Kier alpha value is -3.02. The normalized spacial score (nSPS) is 15.6. The second-order valence-corrected chi connectivity index (χ2v) is 6.37. The number of fused-ring (bicyclic) bond motifs is 1. The number of carbonyl (C=O) groups is 2. The van der Waals surface area contributed by atoms with Crippen LogP contribution in [-0.2, 0) is 0 Å². The first-order valence-electron chi connectivity index (χ1n) is 8.82. The lowest BCUT2D eigenvalue weighted by atomic mass is 10.1. The van der Waals surface area contributed by atoms with Crippen LogP contribution in [0.15, 0.2) is 48.5 Å². The Morgan fingerprint density at radius 2 is 1.62 bits per heavy atom. The molecule has 0 N–H and O–H groups in total. The van der Waals surface area contributed by atoms with Gasteiger partial charge in [-0.15, -0.1) is 0 Å². The lowest BCUT2D eigenvalue weighted by Crippen LogP contribution is -2.48. The number of anilines is 1. The van der Waals surface area contributed by atoms with E-state index in [2.05, 4.69) is 0 Å². The summed E-state index contributed by atoms with van der Waals surface area (Å²) in [6, 6.07) is 13.7. The highest BCUT2D eigenvalue weighted by atomic mass is 16.7. The topological polar surface area (TPSA) is 59.1 Å². The van der Waals surface area contributed by atoms with E-state index >= 15 is 0 Å². The maximum absolute atomic E-state index is 13.2. The molecule has 1 saturated heterocycles. The van der Waals surface area contributed by atoms with Crippen molar-refractivity contribution in [2.24, 2.45) is 0 Å². The highest BCUT2D eigenvalue weighted by Crippen LogP contribution is 2.33. The molecule has 134 valence electrons. The van der Waals surface area contributed by atoms with Crippen molar-refractivity contribution in [1.82, 2.24) is 4.90 Å². The first kappa shape index (κ1) is 16.4. The molecule has 6 nitrogen and oxygen atoms in total. The van der Waals surface area contributed by atoms with E-state index in [0.29, 0.717) is 35.8 Å². The molecule has 3 amide bonds. The average molecular weight is 352 g/mol. The van der Waals surface area contributed by atoms with Crippen LogP contribution in [0.3, 0.4) is 0 Å². The summed E-state index contributed by atoms with van der Waals surface area (Å²) in [7, 11) is 0. The molecule has 0 bridgehead atoms. The van der Waals surface area contributed by atoms with Crippen molar-refractivity contribution in [2.75, 3.05) is 24.8 Å². The molecule has 0 unspecified atom stereocenters. The molecule has 2 aromatic carbocycles. The smallest absolute Gasteiger partial charge is 0.331 e. The molecule has 26 heavy (non-hydrogen) atoms. The zero-order chi connectivity index (χ0) is 17.9. The zero-order valence-electron chi connectivity index (χ0n) is 14.4. The highest BCUT2D eigenvalue weighted by Gasteiger charge is 2.30. The number of benzene rings is 2. The molecule has 0 aliphatic carbocycles. The third-order valence-electron chi connectivity index (χ3n) is 4.65. The average Bonchev–Trinajstić information content (AvgIpc) is 3.17. The predicted molar refractivity (Wildman–Crippen MR) is 96.6 cm³/mol. The SMILES string of the molecule is O=C(c1ccc2c(c1)OCO2)N(C(=O)N1CCCCC1)c1ccccc1. The van der Waals surface area contributed by atoms with E-state index in [0.717, 1.165) is 19.3 Å². The van der Waals surface area contributed by atoms with Gasteiger partial charge in [0.2, 0.25) is 6.79 Å². The monoisotopic (exact) mass is 352 g/mol. The summed E-state index contributed by atoms with van der Waals surface area (Å²) in [6.45, 7) is 1.50. The molecule has 4 rings (SSSR count). The lowest BCUT2D eigenvalue weighted by molar-refractivity contribution is 0.0983. The Morgan fingerprint density at radius 1 is 0.885 bits per heavy atom. The summed E-state index contributed by atoms with van der Waals surface area (Å²) < 4.78 is 10.7. The molecule has 2 heterocycles. The van der Waals surface area contributed by atoms with Crippen molar-refractivity contribution in [1.29, 1.82) is 0 Å². The van der Waals surface area contributed by atoms with Crippen molar-refractivity contribution in [3.05, 3.63) is 54.1 Å². The van der Waals surface area contributed by atoms with Gasteiger partial charge in [-0.1, -0.05) is 18.2 Å². The number of likely N-dealkylation sites (tertiary alicyclic amines) is 1. The Labute approximate surface area is 151 Å². The van der Waals surface area contributed by atoms with Gasteiger partial charge < -0.3 is 14.4 Å². The standard InChI is InChI=1S/C20H20N2O4/c23-19(15-9-10-17-18(13-15)26-14-25-17)22(16-7-3-1-4-8-16)20(24)21-11-5-2-6-12-21/h1,3-4,7-10,13H,2,5-6,11-12,14H2. The molecule has 1 fully saturated rings. The van der Waals surface area contributed by atoms with Gasteiger partial charge in [0.1, 0.15) is 0 Å². The van der Waals surface area contributed by atoms with Gasteiger partial charge in [0.05, 0.1) is 5.69 Å². The van der Waals surface area contributed by atoms with Crippen LogP contribution in [-0.4, -0.2) is 36.7 Å². The highest BCUT2D eigenvalue weighted by molar-refractivity contribution is 6.20. The molecule has 0 saturated carbocycles. The second-order valence-electron chi connectivity index (χ2n) is 6.37. The van der Waals surface area contributed by atoms with Crippen molar-refractivity contribution in [2.45, 2.75) is 19.3 Å². The number of rotatable bonds is 2. The number of carbonyl (C=O) groups excluding carboxylic acids is 2. The summed E-state index contributed by atoms with van der Waals surface area (Å²) in [5.74, 6) is 0.759. The van der Waals surface area contributed by atoms with Crippen molar-refractivity contribution >= 4 is 17.6 Å². The van der Waals surface area contributed by atoms with Crippen LogP contribution in [0.4, 0.5) is 10.5 Å². The maximum Gasteiger partial charge on any atom is 0.331 e. The first-order valence-corrected chi connectivity index (χ1v) is 8.82. The summed E-state index contributed by atoms with van der Waals surface area (Å²) in [5.41, 5.74) is 0.953. The fraction of sp³-hybridized carbons (Fsp3) is 0.300. The molecule has 2 aromatic rings. The molecule has 6 heteroatoms. The molecule has 0 radical (unpaired) electrons. The molecule has 0 spiro atoms. The third kappa shape index (κ3) is 3.10. The van der Waals surface area contributed by atoms with Crippen LogP contribution >= 0.6 is 0 Å². The van der Waals surface area contributed by atoms with Crippen LogP contribution in [0.25, 0.3) is 0 Å². The molecular formula is C20H20N2O4. The number of amides is 3. The number of hydrogen-bond acceptors (Lipinski definition) is 4. The Balaban J connectivity index is 1.68. The van der Waals surface area contributed by atoms with Gasteiger partial charge in [0, 0.05) is 18.7 Å². The Bertz CT molecular complexity index is 816. The van der Waals surface area contributed by atoms with Crippen molar-refractivity contribution in [3.63, 3.8) is 0 Å². The van der Waals surface area contributed by atoms with Crippen molar-refractivity contribution < 1.29 is 19.1 Å². The molecular weight excluding hydrogens is 332 g/mol. The van der Waals surface area contributed by atoms with Gasteiger partial charge in [-0.2, -0.15) is 0 Å². The molecule has 2 aliphatic heterocycles. The zero-order valence-corrected chi connectivity index (χ0v) is 14.4.